The predicted octanol–water partition coefficient (Wildman–Crippen LogP) is 1.47. The van der Waals surface area contributed by atoms with Gasteiger partial charge in [0.25, 0.3) is 0 Å². The standard InChI is InChI=1S/C11H18N2O2/c1-8(7-12)13-6-4-5-11(2,3)9(13)10(14)15/h8-9H,4-6H2,1-3H3,(H,14,15). The number of carboxylic acid groups (broad SMARTS) is 1. The molecule has 0 saturated carbocycles. The molecule has 84 valence electrons. The third-order valence-corrected chi connectivity index (χ3v) is 3.23. The van der Waals surface area contributed by atoms with Gasteiger partial charge in [-0.1, -0.05) is 13.8 Å². The third-order valence-electron chi connectivity index (χ3n) is 3.23. The number of carboxylic acids is 1. The van der Waals surface area contributed by atoms with Crippen LogP contribution in [0.15, 0.2) is 0 Å². The maximum atomic E-state index is 11.2. The second kappa shape index (κ2) is 4.19. The van der Waals surface area contributed by atoms with Crippen LogP contribution in [-0.2, 0) is 4.79 Å². The van der Waals surface area contributed by atoms with Crippen LogP contribution in [0.1, 0.15) is 33.6 Å². The van der Waals surface area contributed by atoms with Gasteiger partial charge in [-0.2, -0.15) is 5.26 Å². The summed E-state index contributed by atoms with van der Waals surface area (Å²) in [4.78, 5) is 13.0. The van der Waals surface area contributed by atoms with Gasteiger partial charge in [-0.15, -0.1) is 0 Å². The minimum atomic E-state index is -0.818. The Morgan fingerprint density at radius 1 is 1.67 bits per heavy atom. The van der Waals surface area contributed by atoms with Crippen LogP contribution in [0.25, 0.3) is 0 Å². The van der Waals surface area contributed by atoms with Crippen LogP contribution in [0.2, 0.25) is 0 Å². The van der Waals surface area contributed by atoms with Crippen LogP contribution in [0.3, 0.4) is 0 Å². The van der Waals surface area contributed by atoms with E-state index in [1.54, 1.807) is 11.8 Å². The number of rotatable bonds is 2. The van der Waals surface area contributed by atoms with E-state index in [0.29, 0.717) is 6.54 Å². The lowest BCUT2D eigenvalue weighted by Gasteiger charge is -2.45. The summed E-state index contributed by atoms with van der Waals surface area (Å²) in [6, 6.07) is 1.25. The lowest BCUT2D eigenvalue weighted by atomic mass is 9.76. The van der Waals surface area contributed by atoms with Gasteiger partial charge in [-0.25, -0.2) is 0 Å². The maximum absolute atomic E-state index is 11.2. The molecule has 1 N–H and O–H groups in total. The van der Waals surface area contributed by atoms with Gasteiger partial charge in [0.05, 0.1) is 12.1 Å². The van der Waals surface area contributed by atoms with Crippen molar-refractivity contribution in [1.82, 2.24) is 4.90 Å². The molecule has 1 rings (SSSR count). The number of nitrogens with zero attached hydrogens (tertiary/aromatic N) is 2. The molecule has 2 unspecified atom stereocenters. The Balaban J connectivity index is 2.96. The van der Waals surface area contributed by atoms with Crippen LogP contribution in [0.4, 0.5) is 0 Å². The Bertz CT molecular complexity index is 293. The van der Waals surface area contributed by atoms with E-state index in [9.17, 15) is 9.90 Å². The highest BCUT2D eigenvalue weighted by molar-refractivity contribution is 5.74. The van der Waals surface area contributed by atoms with E-state index in [0.717, 1.165) is 12.8 Å². The van der Waals surface area contributed by atoms with Gasteiger partial charge in [-0.05, 0) is 25.2 Å². The van der Waals surface area contributed by atoms with Gasteiger partial charge in [0, 0.05) is 6.54 Å². The summed E-state index contributed by atoms with van der Waals surface area (Å²) in [5.41, 5.74) is -0.255. The number of carbonyl (C=O) groups is 1. The van der Waals surface area contributed by atoms with E-state index in [2.05, 4.69) is 6.07 Å². The summed E-state index contributed by atoms with van der Waals surface area (Å²) in [6.45, 7) is 6.39. The van der Waals surface area contributed by atoms with Crippen molar-refractivity contribution < 1.29 is 9.90 Å². The summed E-state index contributed by atoms with van der Waals surface area (Å²) in [6.07, 6.45) is 1.86. The molecule has 2 atom stereocenters. The molecule has 1 aliphatic heterocycles. The highest BCUT2D eigenvalue weighted by Crippen LogP contribution is 2.36. The number of hydrogen-bond acceptors (Lipinski definition) is 3. The van der Waals surface area contributed by atoms with Crippen LogP contribution < -0.4 is 0 Å². The molecular formula is C11H18N2O2. The average molecular weight is 210 g/mol. The molecule has 0 amide bonds. The van der Waals surface area contributed by atoms with Gasteiger partial charge in [0.1, 0.15) is 6.04 Å². The molecule has 0 radical (unpaired) electrons. The minimum absolute atomic E-state index is 0.255. The predicted molar refractivity (Wildman–Crippen MR) is 56.2 cm³/mol. The van der Waals surface area contributed by atoms with E-state index >= 15 is 0 Å². The highest BCUT2D eigenvalue weighted by Gasteiger charge is 2.43. The molecule has 1 heterocycles. The van der Waals surface area contributed by atoms with Crippen molar-refractivity contribution >= 4 is 5.97 Å². The number of aliphatic carboxylic acids is 1. The van der Waals surface area contributed by atoms with Gasteiger partial charge in [0.15, 0.2) is 0 Å². The fourth-order valence-electron chi connectivity index (χ4n) is 2.40. The van der Waals surface area contributed by atoms with Gasteiger partial charge >= 0.3 is 5.97 Å². The lowest BCUT2D eigenvalue weighted by molar-refractivity contribution is -0.151. The topological polar surface area (TPSA) is 64.3 Å². The largest absolute Gasteiger partial charge is 0.480 e. The Morgan fingerprint density at radius 2 is 2.27 bits per heavy atom. The van der Waals surface area contributed by atoms with Gasteiger partial charge < -0.3 is 5.11 Å². The van der Waals surface area contributed by atoms with Crippen molar-refractivity contribution in [2.75, 3.05) is 6.54 Å². The molecule has 1 saturated heterocycles. The number of hydrogen-bond donors (Lipinski definition) is 1. The molecule has 15 heavy (non-hydrogen) atoms. The number of piperidine rings is 1. The van der Waals surface area contributed by atoms with Crippen LogP contribution in [-0.4, -0.2) is 34.6 Å². The van der Waals surface area contributed by atoms with E-state index in [1.165, 1.54) is 0 Å². The summed E-state index contributed by atoms with van der Waals surface area (Å²) < 4.78 is 0. The van der Waals surface area contributed by atoms with Gasteiger partial charge in [-0.3, -0.25) is 9.69 Å². The zero-order valence-corrected chi connectivity index (χ0v) is 9.53. The van der Waals surface area contributed by atoms with Crippen molar-refractivity contribution in [3.05, 3.63) is 0 Å². The first kappa shape index (κ1) is 12.0. The van der Waals surface area contributed by atoms with Crippen molar-refractivity contribution in [2.45, 2.75) is 45.7 Å². The van der Waals surface area contributed by atoms with Crippen LogP contribution >= 0.6 is 0 Å². The van der Waals surface area contributed by atoms with Crippen LogP contribution in [0, 0.1) is 16.7 Å². The van der Waals surface area contributed by atoms with E-state index in [-0.39, 0.29) is 11.5 Å². The first-order valence-electron chi connectivity index (χ1n) is 5.28. The van der Waals surface area contributed by atoms with E-state index in [1.807, 2.05) is 13.8 Å². The Morgan fingerprint density at radius 3 is 2.73 bits per heavy atom. The molecule has 0 aromatic carbocycles. The Kier molecular flexibility index (Phi) is 3.35. The fourth-order valence-corrected chi connectivity index (χ4v) is 2.40. The molecule has 4 heteroatoms. The third kappa shape index (κ3) is 2.29. The summed E-state index contributed by atoms with van der Waals surface area (Å²) in [5, 5.41) is 18.1. The molecular weight excluding hydrogens is 192 g/mol. The second-order valence-corrected chi connectivity index (χ2v) is 4.88. The minimum Gasteiger partial charge on any atom is -0.480 e. The van der Waals surface area contributed by atoms with Gasteiger partial charge in [0.2, 0.25) is 0 Å². The summed E-state index contributed by atoms with van der Waals surface area (Å²) in [7, 11) is 0. The number of nitriles is 1. The van der Waals surface area contributed by atoms with Crippen LogP contribution in [0.5, 0.6) is 0 Å². The molecule has 0 aliphatic carbocycles. The smallest absolute Gasteiger partial charge is 0.321 e. The lowest BCUT2D eigenvalue weighted by Crippen LogP contribution is -2.56. The zero-order valence-electron chi connectivity index (χ0n) is 9.53. The molecule has 1 aliphatic rings. The fraction of sp³-hybridized carbons (Fsp3) is 0.818. The highest BCUT2D eigenvalue weighted by atomic mass is 16.4. The first-order chi connectivity index (χ1) is 6.90. The zero-order chi connectivity index (χ0) is 11.6. The SMILES string of the molecule is CC(C#N)N1CCCC(C)(C)C1C(=O)O. The van der Waals surface area contributed by atoms with Crippen molar-refractivity contribution in [1.29, 1.82) is 5.26 Å². The summed E-state index contributed by atoms with van der Waals surface area (Å²) in [5.74, 6) is -0.818. The normalized spacial score (nSPS) is 28.0. The monoisotopic (exact) mass is 210 g/mol. The van der Waals surface area contributed by atoms with Crippen molar-refractivity contribution in [3.63, 3.8) is 0 Å². The maximum Gasteiger partial charge on any atom is 0.321 e. The second-order valence-electron chi connectivity index (χ2n) is 4.88. The molecule has 4 nitrogen and oxygen atoms in total. The summed E-state index contributed by atoms with van der Waals surface area (Å²) >= 11 is 0. The Labute approximate surface area is 90.5 Å². The van der Waals surface area contributed by atoms with E-state index in [4.69, 9.17) is 5.26 Å². The molecule has 1 fully saturated rings. The molecule has 0 aromatic heterocycles. The quantitative estimate of drug-likeness (QED) is 0.749. The first-order valence-corrected chi connectivity index (χ1v) is 5.28. The van der Waals surface area contributed by atoms with Crippen molar-refractivity contribution in [3.8, 4) is 6.07 Å². The molecule has 0 spiro atoms. The average Bonchev–Trinajstić information content (AvgIpc) is 2.14. The number of likely N-dealkylation sites (tertiary alicyclic amines) is 1. The molecule has 0 aromatic rings. The van der Waals surface area contributed by atoms with E-state index < -0.39 is 12.0 Å². The van der Waals surface area contributed by atoms with Crippen molar-refractivity contribution in [2.24, 2.45) is 5.41 Å². The molecule has 0 bridgehead atoms. The Hall–Kier alpha value is -1.08.